The first-order chi connectivity index (χ1) is 9.21. The number of carbonyl (C=O) groups is 1. The van der Waals surface area contributed by atoms with Gasteiger partial charge >= 0.3 is 0 Å². The van der Waals surface area contributed by atoms with Crippen molar-refractivity contribution in [2.24, 2.45) is 0 Å². The number of hydrogen-bond donors (Lipinski definition) is 0. The van der Waals surface area contributed by atoms with Crippen LogP contribution in [0.25, 0.3) is 0 Å². The van der Waals surface area contributed by atoms with E-state index in [1.165, 1.54) is 0 Å². The molecule has 1 aromatic carbocycles. The Bertz CT molecular complexity index is 665. The third-order valence-corrected chi connectivity index (χ3v) is 5.77. The van der Waals surface area contributed by atoms with Crippen LogP contribution in [0.1, 0.15) is 30.1 Å². The van der Waals surface area contributed by atoms with Gasteiger partial charge in [-0.05, 0) is 47.8 Å². The fraction of sp³-hybridized carbons (Fsp3) is 0.417. The van der Waals surface area contributed by atoms with E-state index in [0.29, 0.717) is 6.54 Å². The summed E-state index contributed by atoms with van der Waals surface area (Å²) >= 11 is 3.04. The zero-order valence-corrected chi connectivity index (χ0v) is 13.7. The quantitative estimate of drug-likeness (QED) is 0.736. The highest BCUT2D eigenvalue weighted by Crippen LogP contribution is 2.31. The van der Waals surface area contributed by atoms with E-state index in [-0.39, 0.29) is 16.1 Å². The van der Waals surface area contributed by atoms with Crippen LogP contribution in [0.5, 0.6) is 0 Å². The first-order valence-electron chi connectivity index (χ1n) is 5.96. The van der Waals surface area contributed by atoms with Gasteiger partial charge in [-0.2, -0.15) is 0 Å². The van der Waals surface area contributed by atoms with Crippen LogP contribution in [0.4, 0.5) is 4.39 Å². The number of carbonyl (C=O) groups excluding carboxylic acids is 1. The summed E-state index contributed by atoms with van der Waals surface area (Å²) in [5.41, 5.74) is -0.0297. The van der Waals surface area contributed by atoms with Crippen LogP contribution in [0.3, 0.4) is 0 Å². The second kappa shape index (κ2) is 5.61. The zero-order chi connectivity index (χ0) is 15.1. The molecule has 0 bridgehead atoms. The monoisotopic (exact) mass is 383 g/mol. The summed E-state index contributed by atoms with van der Waals surface area (Å²) in [6.07, 6.45) is 1.75. The number of nitrogens with zero attached hydrogens (tertiary/aromatic N) is 1. The molecule has 20 heavy (non-hydrogen) atoms. The van der Waals surface area contributed by atoms with Crippen LogP contribution in [-0.4, -0.2) is 31.8 Å². The highest BCUT2D eigenvalue weighted by atomic mass is 79.9. The molecule has 4 nitrogen and oxygen atoms in total. The Balaban J connectivity index is 2.52. The van der Waals surface area contributed by atoms with Crippen molar-refractivity contribution in [3.63, 3.8) is 0 Å². The fourth-order valence-corrected chi connectivity index (χ4v) is 4.55. The van der Waals surface area contributed by atoms with Crippen molar-refractivity contribution in [3.05, 3.63) is 28.0 Å². The van der Waals surface area contributed by atoms with Crippen molar-refractivity contribution in [3.8, 4) is 0 Å². The molecule has 1 aromatic rings. The van der Waals surface area contributed by atoms with E-state index in [0.717, 1.165) is 25.0 Å². The van der Waals surface area contributed by atoms with Crippen molar-refractivity contribution < 1.29 is 17.6 Å². The van der Waals surface area contributed by atoms with Crippen molar-refractivity contribution >= 4 is 41.6 Å². The lowest BCUT2D eigenvalue weighted by Crippen LogP contribution is -2.34. The van der Waals surface area contributed by atoms with Crippen LogP contribution in [0.2, 0.25) is 0 Å². The lowest BCUT2D eigenvalue weighted by atomic mass is 10.1. The van der Waals surface area contributed by atoms with E-state index >= 15 is 0 Å². The van der Waals surface area contributed by atoms with Gasteiger partial charge in [-0.15, -0.1) is 0 Å². The lowest BCUT2D eigenvalue weighted by molar-refractivity contribution is 0.0745. The highest BCUT2D eigenvalue weighted by Gasteiger charge is 2.30. The Morgan fingerprint density at radius 3 is 2.65 bits per heavy atom. The molecule has 2 rings (SSSR count). The minimum absolute atomic E-state index is 0.00185. The number of halogens is 3. The molecule has 1 fully saturated rings. The van der Waals surface area contributed by atoms with E-state index in [1.807, 2.05) is 6.92 Å². The van der Waals surface area contributed by atoms with Crippen LogP contribution in [0.15, 0.2) is 21.5 Å². The van der Waals surface area contributed by atoms with Gasteiger partial charge in [0.05, 0.1) is 10.0 Å². The highest BCUT2D eigenvalue weighted by molar-refractivity contribution is 9.10. The fourth-order valence-electron chi connectivity index (χ4n) is 2.29. The maximum Gasteiger partial charge on any atom is 0.262 e. The van der Waals surface area contributed by atoms with Crippen LogP contribution in [-0.2, 0) is 9.05 Å². The molecular formula is C12H12BrClFNO3S. The molecule has 1 atom stereocenters. The normalized spacial score (nSPS) is 19.4. The van der Waals surface area contributed by atoms with Gasteiger partial charge in [0, 0.05) is 23.3 Å². The largest absolute Gasteiger partial charge is 0.336 e. The molecule has 0 spiro atoms. The van der Waals surface area contributed by atoms with Gasteiger partial charge < -0.3 is 4.90 Å². The topological polar surface area (TPSA) is 54.5 Å². The lowest BCUT2D eigenvalue weighted by Gasteiger charge is -2.22. The van der Waals surface area contributed by atoms with Gasteiger partial charge in [0.25, 0.3) is 15.0 Å². The number of hydrogen-bond acceptors (Lipinski definition) is 3. The molecule has 1 amide bonds. The standard InChI is InChI=1S/C12H12BrClFNO3S/c1-7-3-2-4-16(7)12(17)9-5-8(15)6-10(11(9)13)20(14,18)19/h5-7H,2-4H2,1H3. The molecule has 0 aliphatic carbocycles. The summed E-state index contributed by atoms with van der Waals surface area (Å²) in [6, 6.07) is 1.85. The van der Waals surface area contributed by atoms with Crippen molar-refractivity contribution in [1.29, 1.82) is 0 Å². The molecule has 0 aromatic heterocycles. The molecular weight excluding hydrogens is 373 g/mol. The Morgan fingerprint density at radius 2 is 2.15 bits per heavy atom. The summed E-state index contributed by atoms with van der Waals surface area (Å²) in [5, 5.41) is 0. The van der Waals surface area contributed by atoms with Gasteiger partial charge in [-0.3, -0.25) is 4.79 Å². The van der Waals surface area contributed by atoms with Gasteiger partial charge in [0.1, 0.15) is 10.7 Å². The number of benzene rings is 1. The summed E-state index contributed by atoms with van der Waals surface area (Å²) in [4.78, 5) is 13.6. The summed E-state index contributed by atoms with van der Waals surface area (Å²) in [7, 11) is 1.12. The van der Waals surface area contributed by atoms with Crippen molar-refractivity contribution in [2.75, 3.05) is 6.54 Å². The minimum Gasteiger partial charge on any atom is -0.336 e. The van der Waals surface area contributed by atoms with Gasteiger partial charge in [0.2, 0.25) is 0 Å². The Morgan fingerprint density at radius 1 is 1.50 bits per heavy atom. The van der Waals surface area contributed by atoms with Crippen LogP contribution >= 0.6 is 26.6 Å². The SMILES string of the molecule is CC1CCCN1C(=O)c1cc(F)cc(S(=O)(=O)Cl)c1Br. The third kappa shape index (κ3) is 2.99. The molecule has 1 aliphatic heterocycles. The minimum atomic E-state index is -4.13. The Kier molecular flexibility index (Phi) is 4.41. The third-order valence-electron chi connectivity index (χ3n) is 3.31. The maximum atomic E-state index is 13.6. The molecule has 1 unspecified atom stereocenters. The van der Waals surface area contributed by atoms with Crippen molar-refractivity contribution in [1.82, 2.24) is 4.90 Å². The molecule has 0 N–H and O–H groups in total. The second-order valence-electron chi connectivity index (χ2n) is 4.69. The van der Waals surface area contributed by atoms with E-state index in [1.54, 1.807) is 4.90 Å². The second-order valence-corrected chi connectivity index (χ2v) is 8.02. The summed E-state index contributed by atoms with van der Waals surface area (Å²) in [6.45, 7) is 2.48. The van der Waals surface area contributed by atoms with Gasteiger partial charge in [-0.1, -0.05) is 0 Å². The maximum absolute atomic E-state index is 13.6. The van der Waals surface area contributed by atoms with Gasteiger partial charge in [0.15, 0.2) is 0 Å². The van der Waals surface area contributed by atoms with Gasteiger partial charge in [-0.25, -0.2) is 12.8 Å². The number of likely N-dealkylation sites (tertiary alicyclic amines) is 1. The molecule has 1 aliphatic rings. The van der Waals surface area contributed by atoms with Crippen molar-refractivity contribution in [2.45, 2.75) is 30.7 Å². The average Bonchev–Trinajstić information content (AvgIpc) is 2.75. The molecule has 0 radical (unpaired) electrons. The Labute approximate surface area is 129 Å². The van der Waals surface area contributed by atoms with E-state index in [4.69, 9.17) is 10.7 Å². The molecule has 110 valence electrons. The summed E-state index contributed by atoms with van der Waals surface area (Å²) < 4.78 is 36.4. The molecule has 0 saturated carbocycles. The number of rotatable bonds is 2. The first-order valence-corrected chi connectivity index (χ1v) is 9.06. The van der Waals surface area contributed by atoms with Crippen LogP contribution in [0, 0.1) is 5.82 Å². The first kappa shape index (κ1) is 15.7. The zero-order valence-electron chi connectivity index (χ0n) is 10.6. The summed E-state index contributed by atoms with van der Waals surface area (Å²) in [5.74, 6) is -1.22. The number of amides is 1. The van der Waals surface area contributed by atoms with E-state index in [9.17, 15) is 17.6 Å². The predicted octanol–water partition coefficient (Wildman–Crippen LogP) is 3.14. The van der Waals surface area contributed by atoms with Crippen LogP contribution < -0.4 is 0 Å². The Hall–Kier alpha value is -0.660. The predicted molar refractivity (Wildman–Crippen MR) is 76.9 cm³/mol. The molecule has 8 heteroatoms. The van der Waals surface area contributed by atoms with E-state index < -0.39 is 25.7 Å². The molecule has 1 heterocycles. The smallest absolute Gasteiger partial charge is 0.262 e. The molecule has 1 saturated heterocycles. The van der Waals surface area contributed by atoms with E-state index in [2.05, 4.69) is 15.9 Å². The average molecular weight is 385 g/mol.